The van der Waals surface area contributed by atoms with Crippen molar-refractivity contribution in [2.24, 2.45) is 0 Å². The van der Waals surface area contributed by atoms with Gasteiger partial charge in [-0.25, -0.2) is 9.67 Å². The van der Waals surface area contributed by atoms with Crippen LogP contribution in [0.2, 0.25) is 0 Å². The molecule has 0 fully saturated rings. The first-order valence-corrected chi connectivity index (χ1v) is 11.0. The highest BCUT2D eigenvalue weighted by atomic mass is 16.5. The van der Waals surface area contributed by atoms with Crippen molar-refractivity contribution in [1.82, 2.24) is 14.8 Å². The van der Waals surface area contributed by atoms with Gasteiger partial charge in [0, 0.05) is 24.6 Å². The van der Waals surface area contributed by atoms with Crippen LogP contribution in [-0.2, 0) is 4.79 Å². The summed E-state index contributed by atoms with van der Waals surface area (Å²) in [6.07, 6.45) is 1.67. The summed E-state index contributed by atoms with van der Waals surface area (Å²) in [5.74, 6) is -0.0325. The highest BCUT2D eigenvalue weighted by Gasteiger charge is 2.20. The molecule has 4 rings (SSSR count). The number of methoxy groups -OCH3 is 1. The summed E-state index contributed by atoms with van der Waals surface area (Å²) in [5, 5.41) is 10.8. The van der Waals surface area contributed by atoms with E-state index in [9.17, 15) is 9.59 Å². The van der Waals surface area contributed by atoms with E-state index in [-0.39, 0.29) is 17.9 Å². The zero-order chi connectivity index (χ0) is 24.4. The number of hydrogen-bond donors (Lipinski definition) is 2. The molecule has 34 heavy (non-hydrogen) atoms. The van der Waals surface area contributed by atoms with Crippen LogP contribution in [0.5, 0.6) is 5.75 Å². The van der Waals surface area contributed by atoms with Crippen LogP contribution in [0.3, 0.4) is 0 Å². The van der Waals surface area contributed by atoms with Crippen LogP contribution < -0.4 is 15.4 Å². The molecule has 0 aliphatic heterocycles. The lowest BCUT2D eigenvalue weighted by Crippen LogP contribution is -2.16. The van der Waals surface area contributed by atoms with Gasteiger partial charge in [0.25, 0.3) is 5.91 Å². The second-order valence-electron chi connectivity index (χ2n) is 8.34. The number of amides is 2. The summed E-state index contributed by atoms with van der Waals surface area (Å²) < 4.78 is 7.11. The Bertz CT molecular complexity index is 1390. The first-order valence-electron chi connectivity index (χ1n) is 11.0. The second-order valence-corrected chi connectivity index (χ2v) is 8.34. The number of benzene rings is 2. The molecule has 2 N–H and O–H groups in total. The van der Waals surface area contributed by atoms with Gasteiger partial charge in [0.05, 0.1) is 41.3 Å². The minimum Gasteiger partial charge on any atom is -0.497 e. The Labute approximate surface area is 198 Å². The molecule has 0 aliphatic carbocycles. The average molecular weight is 458 g/mol. The molecular formula is C26H27N5O3. The number of carbonyl (C=O) groups is 2. The molecule has 2 aromatic carbocycles. The fourth-order valence-electron chi connectivity index (χ4n) is 3.82. The predicted molar refractivity (Wildman–Crippen MR) is 133 cm³/mol. The molecule has 8 heteroatoms. The molecule has 4 aromatic rings. The van der Waals surface area contributed by atoms with E-state index in [1.807, 2.05) is 49.7 Å². The number of anilines is 2. The van der Waals surface area contributed by atoms with Gasteiger partial charge in [0.1, 0.15) is 5.75 Å². The summed E-state index contributed by atoms with van der Waals surface area (Å²) >= 11 is 0. The molecule has 0 bridgehead atoms. The SMILES string of the molecule is COc1ccc(NC(C)=O)c(NC(=O)c2cc(-c3ccccc3C)nc3c2cnn3C(C)C)c1. The molecule has 8 nitrogen and oxygen atoms in total. The van der Waals surface area contributed by atoms with E-state index in [1.165, 1.54) is 6.92 Å². The first-order chi connectivity index (χ1) is 16.3. The third kappa shape index (κ3) is 4.47. The molecular weight excluding hydrogens is 430 g/mol. The molecule has 2 amide bonds. The van der Waals surface area contributed by atoms with Gasteiger partial charge in [-0.15, -0.1) is 0 Å². The summed E-state index contributed by atoms with van der Waals surface area (Å²) in [4.78, 5) is 30.1. The van der Waals surface area contributed by atoms with Crippen LogP contribution in [0, 0.1) is 6.92 Å². The summed E-state index contributed by atoms with van der Waals surface area (Å²) in [5.41, 5.74) is 4.65. The Morgan fingerprint density at radius 3 is 2.47 bits per heavy atom. The van der Waals surface area contributed by atoms with E-state index in [0.717, 1.165) is 11.1 Å². The maximum absolute atomic E-state index is 13.6. The Morgan fingerprint density at radius 2 is 1.79 bits per heavy atom. The lowest BCUT2D eigenvalue weighted by molar-refractivity contribution is -0.114. The quantitative estimate of drug-likeness (QED) is 0.414. The molecule has 0 radical (unpaired) electrons. The zero-order valence-electron chi connectivity index (χ0n) is 19.8. The first kappa shape index (κ1) is 23.0. The minimum atomic E-state index is -0.342. The predicted octanol–water partition coefficient (Wildman–Crippen LogP) is 5.21. The molecule has 0 unspecified atom stereocenters. The number of pyridine rings is 1. The van der Waals surface area contributed by atoms with Gasteiger partial charge in [-0.1, -0.05) is 24.3 Å². The van der Waals surface area contributed by atoms with Crippen molar-refractivity contribution in [3.63, 3.8) is 0 Å². The van der Waals surface area contributed by atoms with Crippen LogP contribution in [0.25, 0.3) is 22.3 Å². The highest BCUT2D eigenvalue weighted by Crippen LogP contribution is 2.31. The van der Waals surface area contributed by atoms with E-state index in [2.05, 4.69) is 15.7 Å². The number of nitrogens with one attached hydrogen (secondary N) is 2. The number of aromatic nitrogens is 3. The second kappa shape index (κ2) is 9.35. The summed E-state index contributed by atoms with van der Waals surface area (Å²) in [6, 6.07) is 14.8. The van der Waals surface area contributed by atoms with Gasteiger partial charge >= 0.3 is 0 Å². The third-order valence-corrected chi connectivity index (χ3v) is 5.51. The van der Waals surface area contributed by atoms with Gasteiger partial charge in [-0.3, -0.25) is 9.59 Å². The van der Waals surface area contributed by atoms with Gasteiger partial charge in [-0.2, -0.15) is 5.10 Å². The van der Waals surface area contributed by atoms with Crippen LogP contribution in [0.15, 0.2) is 54.7 Å². The van der Waals surface area contributed by atoms with E-state index in [1.54, 1.807) is 37.6 Å². The zero-order valence-corrected chi connectivity index (χ0v) is 19.8. The van der Waals surface area contributed by atoms with Crippen molar-refractivity contribution < 1.29 is 14.3 Å². The van der Waals surface area contributed by atoms with Gasteiger partial charge in [0.2, 0.25) is 5.91 Å². The smallest absolute Gasteiger partial charge is 0.256 e. The molecule has 0 saturated heterocycles. The van der Waals surface area contributed by atoms with Crippen LogP contribution in [0.4, 0.5) is 11.4 Å². The number of rotatable bonds is 6. The van der Waals surface area contributed by atoms with Crippen molar-refractivity contribution in [3.8, 4) is 17.0 Å². The van der Waals surface area contributed by atoms with Gasteiger partial charge in [-0.05, 0) is 44.5 Å². The van der Waals surface area contributed by atoms with Gasteiger partial charge < -0.3 is 15.4 Å². The average Bonchev–Trinajstić information content (AvgIpc) is 3.24. The number of fused-ring (bicyclic) bond motifs is 1. The van der Waals surface area contributed by atoms with Crippen molar-refractivity contribution in [2.45, 2.75) is 33.7 Å². The maximum atomic E-state index is 13.6. The number of hydrogen-bond acceptors (Lipinski definition) is 5. The topological polar surface area (TPSA) is 98.1 Å². The number of carbonyl (C=O) groups excluding carboxylic acids is 2. The molecule has 2 aromatic heterocycles. The van der Waals surface area contributed by atoms with Crippen molar-refractivity contribution in [1.29, 1.82) is 0 Å². The van der Waals surface area contributed by atoms with Gasteiger partial charge in [0.15, 0.2) is 5.65 Å². The van der Waals surface area contributed by atoms with Crippen molar-refractivity contribution in [2.75, 3.05) is 17.7 Å². The molecule has 0 aliphatic rings. The molecule has 0 atom stereocenters. The standard InChI is InChI=1S/C26H27N5O3/c1-15(2)31-25-21(14-27-31)20(13-23(29-25)19-9-7-6-8-16(19)3)26(33)30-24-12-18(34-5)10-11-22(24)28-17(4)32/h6-15H,1-5H3,(H,28,32)(H,30,33). The number of nitrogens with zero attached hydrogens (tertiary/aromatic N) is 3. The molecule has 0 saturated carbocycles. The number of ether oxygens (including phenoxy) is 1. The van der Waals surface area contributed by atoms with Crippen LogP contribution >= 0.6 is 0 Å². The summed E-state index contributed by atoms with van der Waals surface area (Å²) in [7, 11) is 1.54. The molecule has 174 valence electrons. The van der Waals surface area contributed by atoms with Crippen molar-refractivity contribution in [3.05, 3.63) is 65.9 Å². The van der Waals surface area contributed by atoms with E-state index in [0.29, 0.717) is 39.4 Å². The van der Waals surface area contributed by atoms with E-state index >= 15 is 0 Å². The van der Waals surface area contributed by atoms with Crippen LogP contribution in [0.1, 0.15) is 42.7 Å². The Kier molecular flexibility index (Phi) is 6.32. The lowest BCUT2D eigenvalue weighted by atomic mass is 10.0. The lowest BCUT2D eigenvalue weighted by Gasteiger charge is -2.15. The number of aryl methyl sites for hydroxylation is 1. The van der Waals surface area contributed by atoms with Crippen molar-refractivity contribution >= 4 is 34.2 Å². The normalized spacial score (nSPS) is 11.0. The highest BCUT2D eigenvalue weighted by molar-refractivity contribution is 6.14. The fourth-order valence-corrected chi connectivity index (χ4v) is 3.82. The third-order valence-electron chi connectivity index (χ3n) is 5.51. The van der Waals surface area contributed by atoms with E-state index in [4.69, 9.17) is 9.72 Å². The minimum absolute atomic E-state index is 0.0674. The Morgan fingerprint density at radius 1 is 1.03 bits per heavy atom. The molecule has 2 heterocycles. The maximum Gasteiger partial charge on any atom is 0.256 e. The van der Waals surface area contributed by atoms with E-state index < -0.39 is 0 Å². The fraction of sp³-hybridized carbons (Fsp3) is 0.231. The molecule has 0 spiro atoms. The monoisotopic (exact) mass is 457 g/mol. The largest absolute Gasteiger partial charge is 0.497 e. The summed E-state index contributed by atoms with van der Waals surface area (Å²) in [6.45, 7) is 7.46. The Balaban J connectivity index is 1.85. The Hall–Kier alpha value is -4.20. The van der Waals surface area contributed by atoms with Crippen LogP contribution in [-0.4, -0.2) is 33.7 Å².